The van der Waals surface area contributed by atoms with E-state index in [0.717, 1.165) is 37.2 Å². The minimum Gasteiger partial charge on any atom is -0.340 e. The highest BCUT2D eigenvalue weighted by Crippen LogP contribution is 2.21. The van der Waals surface area contributed by atoms with Crippen LogP contribution in [0.2, 0.25) is 5.28 Å². The van der Waals surface area contributed by atoms with E-state index in [1.54, 1.807) is 6.20 Å². The summed E-state index contributed by atoms with van der Waals surface area (Å²) in [6.07, 6.45) is 3.83. The molecule has 0 aliphatic carbocycles. The van der Waals surface area contributed by atoms with Gasteiger partial charge in [0, 0.05) is 36.1 Å². The molecule has 1 aromatic carbocycles. The first-order chi connectivity index (χ1) is 10.6. The van der Waals surface area contributed by atoms with E-state index in [1.807, 2.05) is 36.1 Å². The minimum absolute atomic E-state index is 0.0820. The predicted molar refractivity (Wildman–Crippen MR) is 86.6 cm³/mol. The Labute approximate surface area is 134 Å². The Morgan fingerprint density at radius 2 is 2.09 bits per heavy atom. The van der Waals surface area contributed by atoms with Gasteiger partial charge < -0.3 is 10.2 Å². The van der Waals surface area contributed by atoms with Crippen LogP contribution in [0.4, 0.5) is 11.5 Å². The van der Waals surface area contributed by atoms with Gasteiger partial charge in [0.05, 0.1) is 0 Å². The van der Waals surface area contributed by atoms with Crippen LogP contribution in [0, 0.1) is 6.92 Å². The molecule has 1 fully saturated rings. The molecule has 5 nitrogen and oxygen atoms in total. The zero-order chi connectivity index (χ0) is 15.5. The molecule has 1 aliphatic heterocycles. The fourth-order valence-corrected chi connectivity index (χ4v) is 2.65. The molecule has 1 N–H and O–H groups in total. The summed E-state index contributed by atoms with van der Waals surface area (Å²) in [6, 6.07) is 7.45. The summed E-state index contributed by atoms with van der Waals surface area (Å²) < 4.78 is 0. The summed E-state index contributed by atoms with van der Waals surface area (Å²) in [5.74, 6) is 0.726. The van der Waals surface area contributed by atoms with Gasteiger partial charge in [0.2, 0.25) is 5.28 Å². The van der Waals surface area contributed by atoms with Crippen LogP contribution in [0.15, 0.2) is 30.5 Å². The van der Waals surface area contributed by atoms with Crippen LogP contribution in [0.25, 0.3) is 0 Å². The Balaban J connectivity index is 1.81. The number of halogens is 1. The lowest BCUT2D eigenvalue weighted by atomic mass is 10.1. The SMILES string of the molecule is Cc1cnc(Cl)nc1Nc1cccc(C(=O)N2CCCC2)c1. The number of rotatable bonds is 3. The van der Waals surface area contributed by atoms with Crippen LogP contribution in [0.1, 0.15) is 28.8 Å². The van der Waals surface area contributed by atoms with Crippen LogP contribution in [-0.2, 0) is 0 Å². The average molecular weight is 317 g/mol. The number of hydrogen-bond donors (Lipinski definition) is 1. The average Bonchev–Trinajstić information content (AvgIpc) is 3.05. The first-order valence-corrected chi connectivity index (χ1v) is 7.67. The van der Waals surface area contributed by atoms with Gasteiger partial charge in [-0.25, -0.2) is 9.97 Å². The fourth-order valence-electron chi connectivity index (χ4n) is 2.52. The van der Waals surface area contributed by atoms with Gasteiger partial charge in [0.25, 0.3) is 5.91 Å². The van der Waals surface area contributed by atoms with Crippen molar-refractivity contribution >= 4 is 29.0 Å². The van der Waals surface area contributed by atoms with E-state index in [4.69, 9.17) is 11.6 Å². The number of nitrogens with one attached hydrogen (secondary N) is 1. The van der Waals surface area contributed by atoms with Crippen molar-refractivity contribution in [2.75, 3.05) is 18.4 Å². The van der Waals surface area contributed by atoms with Crippen molar-refractivity contribution < 1.29 is 4.79 Å². The molecular weight excluding hydrogens is 300 g/mol. The standard InChI is InChI=1S/C16H17ClN4O/c1-11-10-18-16(17)20-14(11)19-13-6-4-5-12(9-13)15(22)21-7-2-3-8-21/h4-6,9-10H,2-3,7-8H2,1H3,(H,18,19,20). The number of likely N-dealkylation sites (tertiary alicyclic amines) is 1. The summed E-state index contributed by atoms with van der Waals surface area (Å²) in [5, 5.41) is 3.38. The third-order valence-electron chi connectivity index (χ3n) is 3.71. The Morgan fingerprint density at radius 1 is 1.32 bits per heavy atom. The number of hydrogen-bond acceptors (Lipinski definition) is 4. The summed E-state index contributed by atoms with van der Waals surface area (Å²) in [6.45, 7) is 3.59. The van der Waals surface area contributed by atoms with Crippen LogP contribution < -0.4 is 5.32 Å². The number of aromatic nitrogens is 2. The number of amides is 1. The molecule has 3 rings (SSSR count). The van der Waals surface area contributed by atoms with E-state index < -0.39 is 0 Å². The summed E-state index contributed by atoms with van der Waals surface area (Å²) in [5.41, 5.74) is 2.38. The largest absolute Gasteiger partial charge is 0.340 e. The Morgan fingerprint density at radius 3 is 2.86 bits per heavy atom. The maximum absolute atomic E-state index is 12.4. The zero-order valence-corrected chi connectivity index (χ0v) is 13.1. The van der Waals surface area contributed by atoms with E-state index in [-0.39, 0.29) is 11.2 Å². The molecule has 6 heteroatoms. The molecule has 0 saturated carbocycles. The molecule has 1 aromatic heterocycles. The second kappa shape index (κ2) is 6.32. The molecule has 114 valence electrons. The third-order valence-corrected chi connectivity index (χ3v) is 3.89. The van der Waals surface area contributed by atoms with E-state index >= 15 is 0 Å². The second-order valence-corrected chi connectivity index (χ2v) is 5.71. The van der Waals surface area contributed by atoms with Crippen molar-refractivity contribution in [1.82, 2.24) is 14.9 Å². The highest BCUT2D eigenvalue weighted by atomic mass is 35.5. The topological polar surface area (TPSA) is 58.1 Å². The molecule has 0 bridgehead atoms. The van der Waals surface area contributed by atoms with E-state index in [9.17, 15) is 4.79 Å². The molecule has 2 heterocycles. The highest BCUT2D eigenvalue weighted by Gasteiger charge is 2.19. The zero-order valence-electron chi connectivity index (χ0n) is 12.3. The normalized spacial score (nSPS) is 14.2. The molecule has 0 spiro atoms. The van der Waals surface area contributed by atoms with Gasteiger partial charge in [-0.3, -0.25) is 4.79 Å². The van der Waals surface area contributed by atoms with Crippen molar-refractivity contribution in [3.63, 3.8) is 0 Å². The van der Waals surface area contributed by atoms with Gasteiger partial charge in [-0.1, -0.05) is 6.07 Å². The highest BCUT2D eigenvalue weighted by molar-refractivity contribution is 6.28. The summed E-state index contributed by atoms with van der Waals surface area (Å²) in [7, 11) is 0. The summed E-state index contributed by atoms with van der Waals surface area (Å²) in [4.78, 5) is 22.4. The molecular formula is C16H17ClN4O. The number of anilines is 2. The Kier molecular flexibility index (Phi) is 4.24. The minimum atomic E-state index is 0.0820. The van der Waals surface area contributed by atoms with Gasteiger partial charge in [0.15, 0.2) is 0 Å². The first-order valence-electron chi connectivity index (χ1n) is 7.29. The van der Waals surface area contributed by atoms with E-state index in [2.05, 4.69) is 15.3 Å². The maximum atomic E-state index is 12.4. The molecule has 1 saturated heterocycles. The Hall–Kier alpha value is -2.14. The van der Waals surface area contributed by atoms with Crippen LogP contribution in [-0.4, -0.2) is 33.9 Å². The van der Waals surface area contributed by atoms with Crippen molar-refractivity contribution in [1.29, 1.82) is 0 Å². The van der Waals surface area contributed by atoms with Crippen LogP contribution in [0.5, 0.6) is 0 Å². The van der Waals surface area contributed by atoms with Crippen molar-refractivity contribution in [2.24, 2.45) is 0 Å². The van der Waals surface area contributed by atoms with Crippen molar-refractivity contribution in [3.8, 4) is 0 Å². The lowest BCUT2D eigenvalue weighted by Gasteiger charge is -2.16. The lowest BCUT2D eigenvalue weighted by Crippen LogP contribution is -2.27. The number of carbonyl (C=O) groups excluding carboxylic acids is 1. The first kappa shape index (κ1) is 14.8. The number of benzene rings is 1. The smallest absolute Gasteiger partial charge is 0.253 e. The summed E-state index contributed by atoms with van der Waals surface area (Å²) >= 11 is 5.83. The molecule has 2 aromatic rings. The van der Waals surface area contributed by atoms with Crippen LogP contribution in [0.3, 0.4) is 0 Å². The molecule has 22 heavy (non-hydrogen) atoms. The quantitative estimate of drug-likeness (QED) is 0.882. The van der Waals surface area contributed by atoms with Gasteiger partial charge in [-0.2, -0.15) is 0 Å². The molecule has 0 radical (unpaired) electrons. The van der Waals surface area contributed by atoms with Gasteiger partial charge in [-0.15, -0.1) is 0 Å². The van der Waals surface area contributed by atoms with Crippen molar-refractivity contribution in [3.05, 3.63) is 46.9 Å². The fraction of sp³-hybridized carbons (Fsp3) is 0.312. The van der Waals surface area contributed by atoms with Crippen LogP contribution >= 0.6 is 11.6 Å². The molecule has 0 unspecified atom stereocenters. The molecule has 1 aliphatic rings. The monoisotopic (exact) mass is 316 g/mol. The van der Waals surface area contributed by atoms with E-state index in [1.165, 1.54) is 0 Å². The lowest BCUT2D eigenvalue weighted by molar-refractivity contribution is 0.0793. The number of carbonyl (C=O) groups is 1. The van der Waals surface area contributed by atoms with Gasteiger partial charge in [0.1, 0.15) is 5.82 Å². The second-order valence-electron chi connectivity index (χ2n) is 5.38. The molecule has 1 amide bonds. The van der Waals surface area contributed by atoms with Gasteiger partial charge in [-0.05, 0) is 49.6 Å². The number of nitrogens with zero attached hydrogens (tertiary/aromatic N) is 3. The van der Waals surface area contributed by atoms with Gasteiger partial charge >= 0.3 is 0 Å². The van der Waals surface area contributed by atoms with Crippen molar-refractivity contribution in [2.45, 2.75) is 19.8 Å². The Bertz CT molecular complexity index is 698. The number of aryl methyl sites for hydroxylation is 1. The molecule has 0 atom stereocenters. The maximum Gasteiger partial charge on any atom is 0.253 e. The third kappa shape index (κ3) is 3.20. The predicted octanol–water partition coefficient (Wildman–Crippen LogP) is 3.42. The van der Waals surface area contributed by atoms with E-state index in [0.29, 0.717) is 11.4 Å².